The van der Waals surface area contributed by atoms with Crippen LogP contribution < -0.4 is 10.6 Å². The number of rotatable bonds is 3. The Balaban J connectivity index is 1.70. The first-order valence-electron chi connectivity index (χ1n) is 6.11. The molecule has 0 spiro atoms. The van der Waals surface area contributed by atoms with Crippen molar-refractivity contribution in [2.45, 2.75) is 18.9 Å². The smallest absolute Gasteiger partial charge is 0.268 e. The number of amides is 1. The van der Waals surface area contributed by atoms with E-state index in [0.29, 0.717) is 10.9 Å². The van der Waals surface area contributed by atoms with Gasteiger partial charge in [-0.2, -0.15) is 5.10 Å². The number of carbonyl (C=O) groups excluding carboxylic acids is 1. The van der Waals surface area contributed by atoms with Crippen LogP contribution in [-0.4, -0.2) is 27.6 Å². The van der Waals surface area contributed by atoms with Crippen molar-refractivity contribution in [3.63, 3.8) is 0 Å². The number of carbonyl (C=O) groups is 1. The highest BCUT2D eigenvalue weighted by Gasteiger charge is 2.19. The Kier molecular flexibility index (Phi) is 3.47. The third-order valence-electron chi connectivity index (χ3n) is 2.96. The summed E-state index contributed by atoms with van der Waals surface area (Å²) in [5.74, 6) is 0.0312. The minimum atomic E-state index is -0.192. The molecule has 0 aliphatic carbocycles. The normalized spacial score (nSPS) is 18.4. The van der Waals surface area contributed by atoms with Gasteiger partial charge in [0.25, 0.3) is 5.91 Å². The molecule has 7 heteroatoms. The fraction of sp³-hybridized carbons (Fsp3) is 0.333. The lowest BCUT2D eigenvalue weighted by Gasteiger charge is -2.05. The second-order valence-electron chi connectivity index (χ2n) is 4.27. The van der Waals surface area contributed by atoms with Gasteiger partial charge in [0.1, 0.15) is 0 Å². The summed E-state index contributed by atoms with van der Waals surface area (Å²) in [6.07, 6.45) is 5.27. The van der Waals surface area contributed by atoms with E-state index in [2.05, 4.69) is 25.8 Å². The van der Waals surface area contributed by atoms with E-state index in [1.54, 1.807) is 0 Å². The van der Waals surface area contributed by atoms with Gasteiger partial charge in [-0.25, -0.2) is 4.98 Å². The average Bonchev–Trinajstić information content (AvgIpc) is 3.11. The van der Waals surface area contributed by atoms with E-state index in [0.717, 1.165) is 13.0 Å². The number of hydrogen-bond acceptors (Lipinski definition) is 6. The van der Waals surface area contributed by atoms with Gasteiger partial charge < -0.3 is 5.32 Å². The van der Waals surface area contributed by atoms with E-state index in [1.807, 2.05) is 12.1 Å². The Labute approximate surface area is 114 Å². The predicted octanol–water partition coefficient (Wildman–Crippen LogP) is 1.61. The molecule has 0 aromatic carbocycles. The van der Waals surface area contributed by atoms with Crippen molar-refractivity contribution in [3.05, 3.63) is 34.3 Å². The summed E-state index contributed by atoms with van der Waals surface area (Å²) in [6.45, 7) is 1.05. The first kappa shape index (κ1) is 12.2. The van der Waals surface area contributed by atoms with E-state index in [-0.39, 0.29) is 11.9 Å². The van der Waals surface area contributed by atoms with Crippen molar-refractivity contribution in [1.29, 1.82) is 0 Å². The van der Waals surface area contributed by atoms with Gasteiger partial charge in [-0.05, 0) is 31.5 Å². The summed E-state index contributed by atoms with van der Waals surface area (Å²) in [5.41, 5.74) is 0. The minimum Gasteiger partial charge on any atom is -0.309 e. The monoisotopic (exact) mass is 275 g/mol. The highest BCUT2D eigenvalue weighted by molar-refractivity contribution is 7.14. The van der Waals surface area contributed by atoms with Gasteiger partial charge in [0.15, 0.2) is 0 Å². The quantitative estimate of drug-likeness (QED) is 0.889. The van der Waals surface area contributed by atoms with Gasteiger partial charge in [-0.3, -0.25) is 10.1 Å². The summed E-state index contributed by atoms with van der Waals surface area (Å²) < 4.78 is 0. The molecule has 98 valence electrons. The van der Waals surface area contributed by atoms with Gasteiger partial charge in [-0.15, -0.1) is 16.4 Å². The Morgan fingerprint density at radius 2 is 2.37 bits per heavy atom. The van der Waals surface area contributed by atoms with Crippen LogP contribution in [0, 0.1) is 0 Å². The Hall–Kier alpha value is -1.86. The average molecular weight is 275 g/mol. The third-order valence-corrected chi connectivity index (χ3v) is 4.16. The molecule has 1 fully saturated rings. The Morgan fingerprint density at radius 3 is 3.11 bits per heavy atom. The maximum Gasteiger partial charge on any atom is 0.268 e. The second-order valence-corrected chi connectivity index (χ2v) is 5.39. The molecule has 2 aromatic heterocycles. The van der Waals surface area contributed by atoms with Crippen molar-refractivity contribution in [3.8, 4) is 0 Å². The molecule has 1 atom stereocenters. The number of aromatic nitrogens is 3. The van der Waals surface area contributed by atoms with Crippen molar-refractivity contribution < 1.29 is 4.79 Å². The first-order chi connectivity index (χ1) is 9.33. The number of nitrogens with zero attached hydrogens (tertiary/aromatic N) is 3. The second kappa shape index (κ2) is 5.41. The molecular weight excluding hydrogens is 262 g/mol. The number of hydrogen-bond donors (Lipinski definition) is 2. The van der Waals surface area contributed by atoms with Gasteiger partial charge in [-0.1, -0.05) is 0 Å². The molecular formula is C12H13N5OS. The fourth-order valence-electron chi connectivity index (χ4n) is 2.06. The molecule has 2 aromatic rings. The highest BCUT2D eigenvalue weighted by Crippen LogP contribution is 2.29. The number of nitrogens with one attached hydrogen (secondary N) is 2. The summed E-state index contributed by atoms with van der Waals surface area (Å²) in [4.78, 5) is 17.8. The van der Waals surface area contributed by atoms with Crippen LogP contribution in [-0.2, 0) is 0 Å². The van der Waals surface area contributed by atoms with Gasteiger partial charge in [0, 0.05) is 10.9 Å². The molecule has 0 saturated carbocycles. The van der Waals surface area contributed by atoms with Crippen molar-refractivity contribution in [1.82, 2.24) is 20.5 Å². The molecule has 2 N–H and O–H groups in total. The van der Waals surface area contributed by atoms with Crippen LogP contribution in [0.2, 0.25) is 0 Å². The van der Waals surface area contributed by atoms with E-state index in [4.69, 9.17) is 0 Å². The van der Waals surface area contributed by atoms with Gasteiger partial charge >= 0.3 is 0 Å². The molecule has 0 bridgehead atoms. The standard InChI is InChI=1S/C12H13N5OS/c18-11(16-12-14-6-7-15-17-12)10-4-3-9(19-10)8-2-1-5-13-8/h3-4,6-8,13H,1-2,5H2,(H,14,16,17,18)/t8-/m1/s1. The lowest BCUT2D eigenvalue weighted by molar-refractivity contribution is 0.102. The molecule has 1 amide bonds. The van der Waals surface area contributed by atoms with Crippen molar-refractivity contribution in [2.24, 2.45) is 0 Å². The molecule has 0 unspecified atom stereocenters. The molecule has 1 aliphatic rings. The zero-order chi connectivity index (χ0) is 13.1. The van der Waals surface area contributed by atoms with Crippen molar-refractivity contribution >= 4 is 23.2 Å². The summed E-state index contributed by atoms with van der Waals surface area (Å²) >= 11 is 1.51. The number of anilines is 1. The topological polar surface area (TPSA) is 79.8 Å². The lowest BCUT2D eigenvalue weighted by Crippen LogP contribution is -2.13. The lowest BCUT2D eigenvalue weighted by atomic mass is 10.2. The van der Waals surface area contributed by atoms with E-state index in [1.165, 1.54) is 35.0 Å². The SMILES string of the molecule is O=C(Nc1nccnn1)c1ccc([C@H]2CCCN2)s1. The Bertz CT molecular complexity index is 565. The summed E-state index contributed by atoms with van der Waals surface area (Å²) in [5, 5.41) is 13.4. The maximum atomic E-state index is 12.0. The van der Waals surface area contributed by atoms with Crippen LogP contribution in [0.25, 0.3) is 0 Å². The van der Waals surface area contributed by atoms with Crippen LogP contribution in [0.5, 0.6) is 0 Å². The van der Waals surface area contributed by atoms with E-state index < -0.39 is 0 Å². The van der Waals surface area contributed by atoms with E-state index >= 15 is 0 Å². The zero-order valence-electron chi connectivity index (χ0n) is 10.2. The third kappa shape index (κ3) is 2.77. The molecule has 3 heterocycles. The molecule has 1 aliphatic heterocycles. The zero-order valence-corrected chi connectivity index (χ0v) is 11.0. The predicted molar refractivity (Wildman–Crippen MR) is 72.1 cm³/mol. The van der Waals surface area contributed by atoms with Crippen LogP contribution in [0.4, 0.5) is 5.95 Å². The van der Waals surface area contributed by atoms with Gasteiger partial charge in [0.05, 0.1) is 17.3 Å². The highest BCUT2D eigenvalue weighted by atomic mass is 32.1. The first-order valence-corrected chi connectivity index (χ1v) is 6.93. The Morgan fingerprint density at radius 1 is 1.42 bits per heavy atom. The molecule has 0 radical (unpaired) electrons. The van der Waals surface area contributed by atoms with Gasteiger partial charge in [0.2, 0.25) is 5.95 Å². The summed E-state index contributed by atoms with van der Waals surface area (Å²) in [7, 11) is 0. The van der Waals surface area contributed by atoms with Crippen LogP contribution in [0.3, 0.4) is 0 Å². The van der Waals surface area contributed by atoms with Crippen molar-refractivity contribution in [2.75, 3.05) is 11.9 Å². The summed E-state index contributed by atoms with van der Waals surface area (Å²) in [6, 6.07) is 4.24. The molecule has 1 saturated heterocycles. The van der Waals surface area contributed by atoms with Crippen LogP contribution >= 0.6 is 11.3 Å². The maximum absolute atomic E-state index is 12.0. The van der Waals surface area contributed by atoms with Crippen LogP contribution in [0.1, 0.15) is 33.4 Å². The molecule has 3 rings (SSSR count). The number of thiophene rings is 1. The van der Waals surface area contributed by atoms with Crippen LogP contribution in [0.15, 0.2) is 24.5 Å². The molecule has 19 heavy (non-hydrogen) atoms. The molecule has 6 nitrogen and oxygen atoms in total. The largest absolute Gasteiger partial charge is 0.309 e. The minimum absolute atomic E-state index is 0.192. The van der Waals surface area contributed by atoms with E-state index in [9.17, 15) is 4.79 Å². The fourth-order valence-corrected chi connectivity index (χ4v) is 3.07.